The third-order valence-corrected chi connectivity index (χ3v) is 5.10. The first-order valence-corrected chi connectivity index (χ1v) is 10.5. The van der Waals surface area contributed by atoms with Gasteiger partial charge in [0.15, 0.2) is 17.0 Å². The zero-order valence-corrected chi connectivity index (χ0v) is 17.7. The molecule has 0 bridgehead atoms. The number of esters is 1. The Bertz CT molecular complexity index is 1030. The topological polar surface area (TPSA) is 73.2 Å². The molecular weight excluding hydrogens is 405 g/mol. The van der Waals surface area contributed by atoms with Crippen molar-refractivity contribution in [2.24, 2.45) is 0 Å². The van der Waals surface area contributed by atoms with Crippen LogP contribution in [-0.4, -0.2) is 33.8 Å². The Morgan fingerprint density at radius 3 is 2.47 bits per heavy atom. The van der Waals surface area contributed by atoms with Crippen LogP contribution in [0, 0.1) is 12.7 Å². The van der Waals surface area contributed by atoms with Gasteiger partial charge in [-0.3, -0.25) is 9.36 Å². The van der Waals surface area contributed by atoms with E-state index in [1.807, 2.05) is 37.4 Å². The summed E-state index contributed by atoms with van der Waals surface area (Å²) in [5.41, 5.74) is 2.81. The van der Waals surface area contributed by atoms with Gasteiger partial charge in [-0.05, 0) is 49.9 Å². The Morgan fingerprint density at radius 2 is 1.83 bits per heavy atom. The van der Waals surface area contributed by atoms with Crippen molar-refractivity contribution in [2.75, 3.05) is 6.26 Å². The van der Waals surface area contributed by atoms with Crippen LogP contribution in [0.1, 0.15) is 28.5 Å². The van der Waals surface area contributed by atoms with Gasteiger partial charge in [-0.25, -0.2) is 14.2 Å². The minimum absolute atomic E-state index is 0.157. The predicted molar refractivity (Wildman–Crippen MR) is 113 cm³/mol. The molecule has 0 spiro atoms. The molecule has 0 saturated carbocycles. The number of carbonyl (C=O) groups is 2. The highest BCUT2D eigenvalue weighted by Gasteiger charge is 2.23. The number of benzene rings is 2. The van der Waals surface area contributed by atoms with Gasteiger partial charge in [-0.1, -0.05) is 41.6 Å². The lowest BCUT2D eigenvalue weighted by Crippen LogP contribution is -2.35. The number of carbonyl (C=O) groups excluding carboxylic acids is 2. The SMILES string of the molecule is CSc1ncc(C(=O)OC(C)C(=O)NCc2ccc(C)cc2)n1-c1ccc(F)cc1. The zero-order valence-electron chi connectivity index (χ0n) is 16.9. The highest BCUT2D eigenvalue weighted by Crippen LogP contribution is 2.23. The van der Waals surface area contributed by atoms with E-state index in [9.17, 15) is 14.0 Å². The molecule has 1 amide bonds. The van der Waals surface area contributed by atoms with Gasteiger partial charge in [-0.15, -0.1) is 0 Å². The second-order valence-corrected chi connectivity index (χ2v) is 7.47. The summed E-state index contributed by atoms with van der Waals surface area (Å²) in [5.74, 6) is -1.47. The molecule has 0 radical (unpaired) electrons. The van der Waals surface area contributed by atoms with E-state index in [1.54, 1.807) is 16.7 Å². The summed E-state index contributed by atoms with van der Waals surface area (Å²) in [4.78, 5) is 29.3. The van der Waals surface area contributed by atoms with Crippen molar-refractivity contribution >= 4 is 23.6 Å². The number of hydrogen-bond donors (Lipinski definition) is 1. The van der Waals surface area contributed by atoms with E-state index < -0.39 is 18.0 Å². The van der Waals surface area contributed by atoms with Crippen molar-refractivity contribution in [1.29, 1.82) is 0 Å². The number of ether oxygens (including phenoxy) is 1. The molecule has 156 valence electrons. The van der Waals surface area contributed by atoms with Crippen molar-refractivity contribution in [1.82, 2.24) is 14.9 Å². The molecule has 1 aromatic heterocycles. The number of halogens is 1. The van der Waals surface area contributed by atoms with Gasteiger partial charge in [0.05, 0.1) is 6.20 Å². The Balaban J connectivity index is 1.69. The normalized spacial score (nSPS) is 11.7. The fraction of sp³-hybridized carbons (Fsp3) is 0.227. The summed E-state index contributed by atoms with van der Waals surface area (Å²) in [6.07, 6.45) is 2.21. The van der Waals surface area contributed by atoms with Gasteiger partial charge in [0.2, 0.25) is 0 Å². The van der Waals surface area contributed by atoms with E-state index in [2.05, 4.69) is 10.3 Å². The van der Waals surface area contributed by atoms with Crippen LogP contribution in [0.5, 0.6) is 0 Å². The molecule has 0 aliphatic rings. The molecule has 6 nitrogen and oxygen atoms in total. The van der Waals surface area contributed by atoms with E-state index in [0.717, 1.165) is 11.1 Å². The number of aryl methyl sites for hydroxylation is 1. The fourth-order valence-corrected chi connectivity index (χ4v) is 3.32. The van der Waals surface area contributed by atoms with Crippen LogP contribution in [0.4, 0.5) is 4.39 Å². The Hall–Kier alpha value is -3.13. The van der Waals surface area contributed by atoms with Crippen LogP contribution in [0.2, 0.25) is 0 Å². The molecule has 0 saturated heterocycles. The average molecular weight is 428 g/mol. The first-order chi connectivity index (χ1) is 14.4. The number of hydrogen-bond acceptors (Lipinski definition) is 5. The molecule has 2 aromatic carbocycles. The van der Waals surface area contributed by atoms with Gasteiger partial charge in [-0.2, -0.15) is 0 Å². The average Bonchev–Trinajstić information content (AvgIpc) is 3.18. The molecular formula is C22H22FN3O3S. The number of aromatic nitrogens is 2. The van der Waals surface area contributed by atoms with E-state index in [4.69, 9.17) is 4.74 Å². The van der Waals surface area contributed by atoms with Gasteiger partial charge in [0, 0.05) is 12.2 Å². The van der Waals surface area contributed by atoms with Gasteiger partial charge < -0.3 is 10.1 Å². The van der Waals surface area contributed by atoms with E-state index in [1.165, 1.54) is 37.0 Å². The van der Waals surface area contributed by atoms with E-state index in [-0.39, 0.29) is 11.5 Å². The molecule has 3 rings (SSSR count). The Labute approximate surface area is 178 Å². The van der Waals surface area contributed by atoms with Crippen LogP contribution >= 0.6 is 11.8 Å². The largest absolute Gasteiger partial charge is 0.448 e. The van der Waals surface area contributed by atoms with Crippen LogP contribution in [-0.2, 0) is 16.1 Å². The van der Waals surface area contributed by atoms with E-state index in [0.29, 0.717) is 17.4 Å². The van der Waals surface area contributed by atoms with Crippen LogP contribution in [0.25, 0.3) is 5.69 Å². The number of amides is 1. The van der Waals surface area contributed by atoms with Crippen LogP contribution < -0.4 is 5.32 Å². The quantitative estimate of drug-likeness (QED) is 0.457. The standard InChI is InChI=1S/C22H22FN3O3S/c1-14-4-6-16(7-5-14)12-24-20(27)15(2)29-21(28)19-13-25-22(30-3)26(19)18-10-8-17(23)9-11-18/h4-11,13,15H,12H2,1-3H3,(H,24,27). The third kappa shape index (κ3) is 5.07. The lowest BCUT2D eigenvalue weighted by molar-refractivity contribution is -0.129. The smallest absolute Gasteiger partial charge is 0.357 e. The highest BCUT2D eigenvalue weighted by molar-refractivity contribution is 7.98. The first kappa shape index (κ1) is 21.6. The first-order valence-electron chi connectivity index (χ1n) is 9.31. The maximum Gasteiger partial charge on any atom is 0.357 e. The number of rotatable bonds is 7. The molecule has 1 atom stereocenters. The monoisotopic (exact) mass is 427 g/mol. The second-order valence-electron chi connectivity index (χ2n) is 6.69. The number of imidazole rings is 1. The molecule has 3 aromatic rings. The number of nitrogens with one attached hydrogen (secondary N) is 1. The summed E-state index contributed by atoms with van der Waals surface area (Å²) in [6.45, 7) is 3.84. The van der Waals surface area contributed by atoms with Crippen molar-refractivity contribution in [3.05, 3.63) is 77.4 Å². The van der Waals surface area contributed by atoms with Crippen molar-refractivity contribution < 1.29 is 18.7 Å². The molecule has 8 heteroatoms. The van der Waals surface area contributed by atoms with Gasteiger partial charge >= 0.3 is 5.97 Å². The summed E-state index contributed by atoms with van der Waals surface area (Å²) in [7, 11) is 0. The van der Waals surface area contributed by atoms with Crippen LogP contribution in [0.3, 0.4) is 0 Å². The Morgan fingerprint density at radius 1 is 1.17 bits per heavy atom. The lowest BCUT2D eigenvalue weighted by Gasteiger charge is -2.15. The maximum atomic E-state index is 13.3. The Kier molecular flexibility index (Phi) is 6.89. The summed E-state index contributed by atoms with van der Waals surface area (Å²) in [5, 5.41) is 3.31. The molecule has 0 fully saturated rings. The molecule has 0 aliphatic carbocycles. The lowest BCUT2D eigenvalue weighted by atomic mass is 10.1. The van der Waals surface area contributed by atoms with Crippen molar-refractivity contribution in [3.8, 4) is 5.69 Å². The third-order valence-electron chi connectivity index (χ3n) is 4.45. The van der Waals surface area contributed by atoms with Crippen molar-refractivity contribution in [3.63, 3.8) is 0 Å². The minimum Gasteiger partial charge on any atom is -0.448 e. The fourth-order valence-electron chi connectivity index (χ4n) is 2.78. The molecule has 30 heavy (non-hydrogen) atoms. The molecule has 1 heterocycles. The summed E-state index contributed by atoms with van der Waals surface area (Å²) < 4.78 is 20.2. The van der Waals surface area contributed by atoms with Crippen LogP contribution in [0.15, 0.2) is 59.9 Å². The predicted octanol–water partition coefficient (Wildman–Crippen LogP) is 3.90. The summed E-state index contributed by atoms with van der Waals surface area (Å²) in [6, 6.07) is 13.5. The van der Waals surface area contributed by atoms with Crippen molar-refractivity contribution in [2.45, 2.75) is 31.7 Å². The highest BCUT2D eigenvalue weighted by atomic mass is 32.2. The zero-order chi connectivity index (χ0) is 21.7. The number of thioether (sulfide) groups is 1. The minimum atomic E-state index is -0.989. The number of nitrogens with zero attached hydrogens (tertiary/aromatic N) is 2. The molecule has 1 N–H and O–H groups in total. The van der Waals surface area contributed by atoms with E-state index >= 15 is 0 Å². The molecule has 1 unspecified atom stereocenters. The van der Waals surface area contributed by atoms with Gasteiger partial charge in [0.1, 0.15) is 5.82 Å². The summed E-state index contributed by atoms with van der Waals surface area (Å²) >= 11 is 1.34. The molecule has 0 aliphatic heterocycles. The maximum absolute atomic E-state index is 13.3. The second kappa shape index (κ2) is 9.58. The van der Waals surface area contributed by atoms with Gasteiger partial charge in [0.25, 0.3) is 5.91 Å².